The maximum Gasteiger partial charge on any atom is 0.333 e. The highest BCUT2D eigenvalue weighted by molar-refractivity contribution is 5.87. The molecule has 1 aromatic rings. The van der Waals surface area contributed by atoms with Crippen LogP contribution in [0.25, 0.3) is 6.08 Å². The second-order valence-electron chi connectivity index (χ2n) is 12.1. The molecule has 43 heavy (non-hydrogen) atoms. The Morgan fingerprint density at radius 3 is 2.09 bits per heavy atom. The van der Waals surface area contributed by atoms with Gasteiger partial charge in [0, 0.05) is 11.6 Å². The van der Waals surface area contributed by atoms with Crippen molar-refractivity contribution < 1.29 is 28.5 Å². The third-order valence-corrected chi connectivity index (χ3v) is 8.26. The molecule has 1 unspecified atom stereocenters. The van der Waals surface area contributed by atoms with Crippen LogP contribution in [0.15, 0.2) is 36.4 Å². The summed E-state index contributed by atoms with van der Waals surface area (Å²) in [6.45, 7) is 8.42. The topological polar surface area (TPSA) is 71.1 Å². The summed E-state index contributed by atoms with van der Waals surface area (Å²) in [5.41, 5.74) is 1.34. The van der Waals surface area contributed by atoms with E-state index in [1.165, 1.54) is 76.7 Å². The molecule has 1 fully saturated rings. The van der Waals surface area contributed by atoms with E-state index in [0.29, 0.717) is 30.5 Å². The number of esters is 2. The van der Waals surface area contributed by atoms with Crippen LogP contribution in [-0.2, 0) is 19.1 Å². The summed E-state index contributed by atoms with van der Waals surface area (Å²) >= 11 is 0. The summed E-state index contributed by atoms with van der Waals surface area (Å²) < 4.78 is 22.8. The van der Waals surface area contributed by atoms with Crippen molar-refractivity contribution in [2.75, 3.05) is 20.3 Å². The first-order valence-electron chi connectivity index (χ1n) is 17.0. The molecule has 1 aliphatic rings. The van der Waals surface area contributed by atoms with Crippen molar-refractivity contribution in [3.8, 4) is 11.5 Å². The zero-order valence-electron chi connectivity index (χ0n) is 27.3. The zero-order valence-corrected chi connectivity index (χ0v) is 27.3. The van der Waals surface area contributed by atoms with Crippen LogP contribution >= 0.6 is 0 Å². The molecular formula is C37H58O6. The number of carbonyl (C=O) groups excluding carboxylic acids is 2. The minimum Gasteiger partial charge on any atom is -0.493 e. The fraction of sp³-hybridized carbons (Fsp3) is 0.676. The van der Waals surface area contributed by atoms with Crippen molar-refractivity contribution in [3.63, 3.8) is 0 Å². The van der Waals surface area contributed by atoms with Gasteiger partial charge in [0.15, 0.2) is 11.5 Å². The second-order valence-corrected chi connectivity index (χ2v) is 12.1. The fourth-order valence-electron chi connectivity index (χ4n) is 5.66. The van der Waals surface area contributed by atoms with Crippen molar-refractivity contribution in [3.05, 3.63) is 42.0 Å². The van der Waals surface area contributed by atoms with Crippen LogP contribution in [0.2, 0.25) is 0 Å². The number of hydrogen-bond donors (Lipinski definition) is 0. The van der Waals surface area contributed by atoms with E-state index in [1.54, 1.807) is 20.1 Å². The SMILES string of the molecule is C=C(C)C(=O)OCCCCCCCCCCCOC(=O)C=Cc1ccc(OC(CCCCC)C2CCCCC2)c(OC)c1. The van der Waals surface area contributed by atoms with E-state index in [-0.39, 0.29) is 18.0 Å². The lowest BCUT2D eigenvalue weighted by Crippen LogP contribution is -2.29. The first kappa shape index (κ1) is 36.4. The zero-order chi connectivity index (χ0) is 31.1. The van der Waals surface area contributed by atoms with Gasteiger partial charge in [0.1, 0.15) is 6.10 Å². The standard InChI is InChI=1S/C37H58O6/c1-5-6-15-22-33(32-20-16-14-17-21-32)43-34-25-23-31(29-35(34)40-4)24-26-36(38)41-27-18-12-10-8-7-9-11-13-19-28-42-37(39)30(2)3/h23-26,29,32-33H,2,5-22,27-28H2,1,3-4H3. The van der Waals surface area contributed by atoms with E-state index in [4.69, 9.17) is 18.9 Å². The van der Waals surface area contributed by atoms with Crippen LogP contribution in [0.5, 0.6) is 11.5 Å². The predicted octanol–water partition coefficient (Wildman–Crippen LogP) is 9.79. The van der Waals surface area contributed by atoms with Gasteiger partial charge in [-0.15, -0.1) is 0 Å². The Kier molecular flexibility index (Phi) is 19.3. The Labute approximate surface area is 261 Å². The van der Waals surface area contributed by atoms with Crippen molar-refractivity contribution in [1.82, 2.24) is 0 Å². The summed E-state index contributed by atoms with van der Waals surface area (Å²) in [5, 5.41) is 0. The van der Waals surface area contributed by atoms with Gasteiger partial charge in [-0.2, -0.15) is 0 Å². The Hall–Kier alpha value is -2.76. The van der Waals surface area contributed by atoms with Gasteiger partial charge in [-0.1, -0.05) is 96.6 Å². The van der Waals surface area contributed by atoms with Gasteiger partial charge in [-0.05, 0) is 75.1 Å². The Bertz CT molecular complexity index is 962. The molecule has 0 N–H and O–H groups in total. The molecule has 1 saturated carbocycles. The molecule has 242 valence electrons. The van der Waals surface area contributed by atoms with Gasteiger partial charge in [-0.25, -0.2) is 9.59 Å². The highest BCUT2D eigenvalue weighted by atomic mass is 16.5. The number of benzene rings is 1. The predicted molar refractivity (Wildman–Crippen MR) is 175 cm³/mol. The van der Waals surface area contributed by atoms with Gasteiger partial charge in [0.05, 0.1) is 20.3 Å². The molecule has 0 aliphatic heterocycles. The van der Waals surface area contributed by atoms with E-state index in [0.717, 1.165) is 56.3 Å². The molecule has 6 nitrogen and oxygen atoms in total. The number of unbranched alkanes of at least 4 members (excludes halogenated alkanes) is 10. The smallest absolute Gasteiger partial charge is 0.333 e. The fourth-order valence-corrected chi connectivity index (χ4v) is 5.66. The van der Waals surface area contributed by atoms with E-state index < -0.39 is 0 Å². The molecule has 0 amide bonds. The molecule has 0 radical (unpaired) electrons. The van der Waals surface area contributed by atoms with Gasteiger partial charge in [0.25, 0.3) is 0 Å². The molecule has 1 aromatic carbocycles. The van der Waals surface area contributed by atoms with E-state index in [2.05, 4.69) is 13.5 Å². The molecule has 0 bridgehead atoms. The maximum atomic E-state index is 12.2. The van der Waals surface area contributed by atoms with Gasteiger partial charge in [-0.3, -0.25) is 0 Å². The van der Waals surface area contributed by atoms with Crippen molar-refractivity contribution in [2.24, 2.45) is 5.92 Å². The lowest BCUT2D eigenvalue weighted by molar-refractivity contribution is -0.139. The number of ether oxygens (including phenoxy) is 4. The summed E-state index contributed by atoms with van der Waals surface area (Å²) in [7, 11) is 1.67. The Balaban J connectivity index is 1.63. The highest BCUT2D eigenvalue weighted by Gasteiger charge is 2.26. The molecule has 0 saturated heterocycles. The number of rotatable bonds is 23. The van der Waals surface area contributed by atoms with Crippen LogP contribution in [0, 0.1) is 5.92 Å². The second kappa shape index (κ2) is 22.7. The first-order chi connectivity index (χ1) is 20.9. The van der Waals surface area contributed by atoms with E-state index in [1.807, 2.05) is 18.2 Å². The third-order valence-electron chi connectivity index (χ3n) is 8.26. The lowest BCUT2D eigenvalue weighted by atomic mass is 9.83. The summed E-state index contributed by atoms with van der Waals surface area (Å²) in [6, 6.07) is 5.88. The average molecular weight is 599 g/mol. The molecule has 0 aromatic heterocycles. The quantitative estimate of drug-likeness (QED) is 0.0709. The van der Waals surface area contributed by atoms with Gasteiger partial charge < -0.3 is 18.9 Å². The highest BCUT2D eigenvalue weighted by Crippen LogP contribution is 2.35. The maximum absolute atomic E-state index is 12.2. The van der Waals surface area contributed by atoms with Crippen molar-refractivity contribution in [1.29, 1.82) is 0 Å². The molecule has 1 aliphatic carbocycles. The largest absolute Gasteiger partial charge is 0.493 e. The summed E-state index contributed by atoms with van der Waals surface area (Å²) in [5.74, 6) is 1.49. The van der Waals surface area contributed by atoms with E-state index in [9.17, 15) is 9.59 Å². The normalized spacial score (nSPS) is 14.4. The molecule has 0 spiro atoms. The third kappa shape index (κ3) is 16.0. The van der Waals surface area contributed by atoms with Crippen LogP contribution < -0.4 is 9.47 Å². The number of methoxy groups -OCH3 is 1. The van der Waals surface area contributed by atoms with Gasteiger partial charge >= 0.3 is 11.9 Å². The van der Waals surface area contributed by atoms with Crippen LogP contribution in [0.3, 0.4) is 0 Å². The van der Waals surface area contributed by atoms with Crippen molar-refractivity contribution >= 4 is 18.0 Å². The molecule has 1 atom stereocenters. The van der Waals surface area contributed by atoms with Crippen LogP contribution in [-0.4, -0.2) is 38.4 Å². The number of carbonyl (C=O) groups is 2. The van der Waals surface area contributed by atoms with Gasteiger partial charge in [0.2, 0.25) is 0 Å². The molecule has 0 heterocycles. The lowest BCUT2D eigenvalue weighted by Gasteiger charge is -2.31. The summed E-state index contributed by atoms with van der Waals surface area (Å²) in [6.07, 6.45) is 24.5. The Morgan fingerprint density at radius 2 is 1.49 bits per heavy atom. The van der Waals surface area contributed by atoms with Crippen LogP contribution in [0.1, 0.15) is 135 Å². The Morgan fingerprint density at radius 1 is 0.860 bits per heavy atom. The molecule has 2 rings (SSSR count). The van der Waals surface area contributed by atoms with Crippen molar-refractivity contribution in [2.45, 2.75) is 136 Å². The van der Waals surface area contributed by atoms with E-state index >= 15 is 0 Å². The molecule has 6 heteroatoms. The average Bonchev–Trinajstić information content (AvgIpc) is 3.02. The monoisotopic (exact) mass is 598 g/mol. The molecular weight excluding hydrogens is 540 g/mol. The number of hydrogen-bond acceptors (Lipinski definition) is 6. The minimum atomic E-state index is -0.318. The minimum absolute atomic E-state index is 0.230. The first-order valence-corrected chi connectivity index (χ1v) is 17.0. The van der Waals surface area contributed by atoms with Crippen LogP contribution in [0.4, 0.5) is 0 Å². The summed E-state index contributed by atoms with van der Waals surface area (Å²) in [4.78, 5) is 23.6.